The van der Waals surface area contributed by atoms with Crippen LogP contribution in [0.1, 0.15) is 50.0 Å². The number of aromatic nitrogens is 2. The Morgan fingerprint density at radius 3 is 2.74 bits per heavy atom. The Morgan fingerprint density at radius 2 is 1.97 bits per heavy atom. The second-order valence-electron chi connectivity index (χ2n) is 8.10. The predicted octanol–water partition coefficient (Wildman–Crippen LogP) is 2.90. The van der Waals surface area contributed by atoms with Crippen molar-refractivity contribution < 1.29 is 14.4 Å². The standard InChI is InChI=1S/C22H27N5O3S/c28-18(8-14-27-20(29)22(26-21(27)30)9-2-1-3-10-22)24-11-4-5-19-25-17(15-31-19)16-6-12-23-13-7-16/h6-7,12-13,15H,1-5,8-11,14H2,(H,24,28)(H,26,30). The van der Waals surface area contributed by atoms with Crippen LogP contribution in [-0.4, -0.2) is 51.3 Å². The maximum atomic E-state index is 12.7. The molecule has 8 nitrogen and oxygen atoms in total. The van der Waals surface area contributed by atoms with Crippen molar-refractivity contribution in [2.45, 2.75) is 56.9 Å². The summed E-state index contributed by atoms with van der Waals surface area (Å²) in [5.74, 6) is -0.319. The van der Waals surface area contributed by atoms with Gasteiger partial charge in [0, 0.05) is 49.3 Å². The summed E-state index contributed by atoms with van der Waals surface area (Å²) in [4.78, 5) is 47.0. The number of nitrogens with zero attached hydrogens (tertiary/aromatic N) is 3. The van der Waals surface area contributed by atoms with Gasteiger partial charge in [0.15, 0.2) is 0 Å². The lowest BCUT2D eigenvalue weighted by molar-refractivity contribution is -0.132. The average molecular weight is 442 g/mol. The van der Waals surface area contributed by atoms with Crippen molar-refractivity contribution in [2.24, 2.45) is 0 Å². The molecule has 0 unspecified atom stereocenters. The Balaban J connectivity index is 1.17. The first-order valence-corrected chi connectivity index (χ1v) is 11.7. The lowest BCUT2D eigenvalue weighted by Gasteiger charge is -2.30. The van der Waals surface area contributed by atoms with E-state index in [9.17, 15) is 14.4 Å². The largest absolute Gasteiger partial charge is 0.356 e. The van der Waals surface area contributed by atoms with Crippen molar-refractivity contribution in [3.05, 3.63) is 34.9 Å². The fraction of sp³-hybridized carbons (Fsp3) is 0.500. The maximum Gasteiger partial charge on any atom is 0.325 e. The Labute approximate surface area is 185 Å². The highest BCUT2D eigenvalue weighted by Gasteiger charge is 2.50. The summed E-state index contributed by atoms with van der Waals surface area (Å²) in [6.45, 7) is 0.660. The van der Waals surface area contributed by atoms with Gasteiger partial charge in [-0.1, -0.05) is 19.3 Å². The summed E-state index contributed by atoms with van der Waals surface area (Å²) in [7, 11) is 0. The van der Waals surface area contributed by atoms with E-state index in [-0.39, 0.29) is 30.8 Å². The van der Waals surface area contributed by atoms with Crippen molar-refractivity contribution in [1.29, 1.82) is 0 Å². The fourth-order valence-electron chi connectivity index (χ4n) is 4.22. The van der Waals surface area contributed by atoms with Crippen molar-refractivity contribution in [1.82, 2.24) is 25.5 Å². The van der Waals surface area contributed by atoms with Gasteiger partial charge in [-0.2, -0.15) is 0 Å². The van der Waals surface area contributed by atoms with E-state index < -0.39 is 5.54 Å². The normalized spacial score (nSPS) is 17.7. The minimum atomic E-state index is -0.728. The molecule has 1 saturated heterocycles. The van der Waals surface area contributed by atoms with Gasteiger partial charge in [-0.3, -0.25) is 19.5 Å². The zero-order valence-corrected chi connectivity index (χ0v) is 18.2. The van der Waals surface area contributed by atoms with E-state index in [1.54, 1.807) is 23.7 Å². The van der Waals surface area contributed by atoms with Crippen LogP contribution < -0.4 is 10.6 Å². The highest BCUT2D eigenvalue weighted by molar-refractivity contribution is 7.09. The molecule has 0 bridgehead atoms. The van der Waals surface area contributed by atoms with Gasteiger partial charge in [0.25, 0.3) is 5.91 Å². The minimum Gasteiger partial charge on any atom is -0.356 e. The third-order valence-electron chi connectivity index (χ3n) is 5.93. The van der Waals surface area contributed by atoms with Crippen LogP contribution in [0.15, 0.2) is 29.9 Å². The first-order chi connectivity index (χ1) is 15.1. The van der Waals surface area contributed by atoms with Crippen LogP contribution in [0.5, 0.6) is 0 Å². The number of pyridine rings is 1. The van der Waals surface area contributed by atoms with Crippen LogP contribution in [0, 0.1) is 0 Å². The summed E-state index contributed by atoms with van der Waals surface area (Å²) in [6.07, 6.45) is 9.56. The number of nitrogens with one attached hydrogen (secondary N) is 2. The molecule has 1 spiro atoms. The molecule has 2 N–H and O–H groups in total. The molecule has 1 saturated carbocycles. The van der Waals surface area contributed by atoms with Crippen LogP contribution >= 0.6 is 11.3 Å². The number of urea groups is 1. The summed E-state index contributed by atoms with van der Waals surface area (Å²) >= 11 is 1.61. The van der Waals surface area contributed by atoms with Gasteiger partial charge < -0.3 is 10.6 Å². The zero-order valence-electron chi connectivity index (χ0n) is 17.4. The maximum absolute atomic E-state index is 12.7. The molecule has 4 rings (SSSR count). The first kappa shape index (κ1) is 21.4. The quantitative estimate of drug-likeness (QED) is 0.484. The highest BCUT2D eigenvalue weighted by Crippen LogP contribution is 2.33. The number of hydrogen-bond acceptors (Lipinski definition) is 6. The molecule has 0 aromatic carbocycles. The summed E-state index contributed by atoms with van der Waals surface area (Å²) in [6, 6.07) is 3.50. The van der Waals surface area contributed by atoms with Crippen molar-refractivity contribution in [3.63, 3.8) is 0 Å². The van der Waals surface area contributed by atoms with Gasteiger partial charge in [0.1, 0.15) is 5.54 Å². The fourth-order valence-corrected chi connectivity index (χ4v) is 5.07. The molecule has 2 fully saturated rings. The molecular formula is C22H27N5O3S. The third kappa shape index (κ3) is 4.92. The van der Waals surface area contributed by atoms with Crippen molar-refractivity contribution in [2.75, 3.05) is 13.1 Å². The first-order valence-electron chi connectivity index (χ1n) is 10.8. The Hall–Kier alpha value is -2.81. The van der Waals surface area contributed by atoms with E-state index in [0.29, 0.717) is 19.4 Å². The lowest BCUT2D eigenvalue weighted by Crippen LogP contribution is -2.48. The van der Waals surface area contributed by atoms with Gasteiger partial charge in [0.2, 0.25) is 5.91 Å². The minimum absolute atomic E-state index is 0.124. The van der Waals surface area contributed by atoms with Crippen LogP contribution in [0.2, 0.25) is 0 Å². The topological polar surface area (TPSA) is 104 Å². The van der Waals surface area contributed by atoms with Crippen LogP contribution in [0.25, 0.3) is 11.3 Å². The van der Waals surface area contributed by atoms with Crippen molar-refractivity contribution >= 4 is 29.2 Å². The number of rotatable bonds is 8. The highest BCUT2D eigenvalue weighted by atomic mass is 32.1. The van der Waals surface area contributed by atoms with Gasteiger partial charge in [-0.25, -0.2) is 9.78 Å². The van der Waals surface area contributed by atoms with Crippen LogP contribution in [0.4, 0.5) is 4.79 Å². The van der Waals surface area contributed by atoms with Crippen LogP contribution in [-0.2, 0) is 16.0 Å². The molecule has 31 heavy (non-hydrogen) atoms. The van der Waals surface area contributed by atoms with E-state index in [1.165, 1.54) is 4.90 Å². The summed E-state index contributed by atoms with van der Waals surface area (Å²) in [5.41, 5.74) is 1.26. The van der Waals surface area contributed by atoms with Gasteiger partial charge in [0.05, 0.1) is 10.7 Å². The number of aryl methyl sites for hydroxylation is 1. The number of carbonyl (C=O) groups is 3. The van der Waals surface area contributed by atoms with E-state index in [0.717, 1.165) is 48.4 Å². The molecule has 9 heteroatoms. The Kier molecular flexibility index (Phi) is 6.60. The summed E-state index contributed by atoms with van der Waals surface area (Å²) in [5, 5.41) is 8.80. The molecule has 164 valence electrons. The molecule has 2 aromatic heterocycles. The molecule has 0 atom stereocenters. The molecule has 2 aromatic rings. The average Bonchev–Trinajstić information content (AvgIpc) is 3.34. The molecule has 1 aliphatic heterocycles. The number of hydrogen-bond donors (Lipinski definition) is 2. The zero-order chi connectivity index (χ0) is 21.7. The van der Waals surface area contributed by atoms with E-state index >= 15 is 0 Å². The molecular weight excluding hydrogens is 414 g/mol. The number of amides is 4. The molecule has 4 amide bonds. The molecule has 3 heterocycles. The lowest BCUT2D eigenvalue weighted by atomic mass is 9.82. The monoisotopic (exact) mass is 441 g/mol. The SMILES string of the molecule is O=C(CCN1C(=O)NC2(CCCCC2)C1=O)NCCCc1nc(-c2ccncc2)cs1. The molecule has 1 aliphatic carbocycles. The van der Waals surface area contributed by atoms with E-state index in [4.69, 9.17) is 0 Å². The Bertz CT molecular complexity index is 940. The number of carbonyl (C=O) groups excluding carboxylic acids is 3. The molecule has 2 aliphatic rings. The number of thiazole rings is 1. The number of imide groups is 1. The second kappa shape index (κ2) is 9.55. The predicted molar refractivity (Wildman–Crippen MR) is 117 cm³/mol. The second-order valence-corrected chi connectivity index (χ2v) is 9.04. The third-order valence-corrected chi connectivity index (χ3v) is 6.84. The van der Waals surface area contributed by atoms with E-state index in [2.05, 4.69) is 20.6 Å². The van der Waals surface area contributed by atoms with Gasteiger partial charge in [-0.15, -0.1) is 11.3 Å². The van der Waals surface area contributed by atoms with Gasteiger partial charge in [-0.05, 0) is 31.4 Å². The smallest absolute Gasteiger partial charge is 0.325 e. The van der Waals surface area contributed by atoms with Gasteiger partial charge >= 0.3 is 6.03 Å². The Morgan fingerprint density at radius 1 is 1.19 bits per heavy atom. The van der Waals surface area contributed by atoms with Crippen molar-refractivity contribution in [3.8, 4) is 11.3 Å². The summed E-state index contributed by atoms with van der Waals surface area (Å²) < 4.78 is 0. The van der Waals surface area contributed by atoms with Crippen LogP contribution in [0.3, 0.4) is 0 Å². The molecule has 0 radical (unpaired) electrons. The van der Waals surface area contributed by atoms with E-state index in [1.807, 2.05) is 17.5 Å².